The molecular weight excluding hydrogens is 354 g/mol. The highest BCUT2D eigenvalue weighted by molar-refractivity contribution is 5.45. The molecule has 8 nitrogen and oxygen atoms in total. The Morgan fingerprint density at radius 3 is 2.75 bits per heavy atom. The first-order valence-corrected chi connectivity index (χ1v) is 9.68. The normalized spacial score (nSPS) is 17.9. The molecule has 1 aliphatic rings. The van der Waals surface area contributed by atoms with E-state index in [2.05, 4.69) is 70.3 Å². The number of nitrogens with zero attached hydrogens (tertiary/aromatic N) is 6. The van der Waals surface area contributed by atoms with Gasteiger partial charge in [0.1, 0.15) is 11.6 Å². The van der Waals surface area contributed by atoms with Crippen LogP contribution in [0.4, 0.5) is 11.6 Å². The zero-order valence-corrected chi connectivity index (χ0v) is 16.9. The molecule has 8 heteroatoms. The van der Waals surface area contributed by atoms with E-state index in [1.807, 2.05) is 22.8 Å². The summed E-state index contributed by atoms with van der Waals surface area (Å²) in [5, 5.41) is 16.5. The zero-order chi connectivity index (χ0) is 19.7. The van der Waals surface area contributed by atoms with Crippen molar-refractivity contribution in [2.45, 2.75) is 45.8 Å². The van der Waals surface area contributed by atoms with Crippen LogP contribution >= 0.6 is 0 Å². The van der Waals surface area contributed by atoms with E-state index in [9.17, 15) is 0 Å². The molecule has 1 unspecified atom stereocenters. The van der Waals surface area contributed by atoms with E-state index >= 15 is 0 Å². The lowest BCUT2D eigenvalue weighted by molar-refractivity contribution is 0.0529. The molecule has 4 heterocycles. The van der Waals surface area contributed by atoms with Crippen molar-refractivity contribution in [1.29, 1.82) is 0 Å². The molecule has 0 aliphatic carbocycles. The van der Waals surface area contributed by atoms with Crippen molar-refractivity contribution in [3.8, 4) is 0 Å². The highest BCUT2D eigenvalue weighted by atomic mass is 16.5. The van der Waals surface area contributed by atoms with Crippen LogP contribution in [0.3, 0.4) is 0 Å². The molecule has 3 aromatic heterocycles. The van der Waals surface area contributed by atoms with Gasteiger partial charge in [-0.1, -0.05) is 26.8 Å². The average Bonchev–Trinajstić information content (AvgIpc) is 3.10. The van der Waals surface area contributed by atoms with Crippen molar-refractivity contribution in [2.24, 2.45) is 0 Å². The fourth-order valence-corrected chi connectivity index (χ4v) is 3.28. The maximum Gasteiger partial charge on any atom is 0.178 e. The summed E-state index contributed by atoms with van der Waals surface area (Å²) in [4.78, 5) is 6.89. The molecule has 0 amide bonds. The first-order chi connectivity index (χ1) is 13.4. The maximum atomic E-state index is 5.60. The van der Waals surface area contributed by atoms with Gasteiger partial charge in [-0.15, -0.1) is 15.3 Å². The smallest absolute Gasteiger partial charge is 0.178 e. The summed E-state index contributed by atoms with van der Waals surface area (Å²) in [7, 11) is 0. The van der Waals surface area contributed by atoms with Crippen molar-refractivity contribution in [3.63, 3.8) is 0 Å². The first-order valence-electron chi connectivity index (χ1n) is 9.68. The van der Waals surface area contributed by atoms with Crippen LogP contribution in [0.15, 0.2) is 30.5 Å². The van der Waals surface area contributed by atoms with Crippen LogP contribution in [0, 0.1) is 0 Å². The molecule has 1 aliphatic heterocycles. The van der Waals surface area contributed by atoms with Crippen LogP contribution in [0.1, 0.15) is 39.1 Å². The van der Waals surface area contributed by atoms with Gasteiger partial charge in [0, 0.05) is 31.2 Å². The molecule has 1 saturated heterocycles. The van der Waals surface area contributed by atoms with Gasteiger partial charge in [0.2, 0.25) is 0 Å². The summed E-state index contributed by atoms with van der Waals surface area (Å²) >= 11 is 0. The first kappa shape index (κ1) is 18.6. The molecule has 0 radical (unpaired) electrons. The minimum atomic E-state index is -0.123. The van der Waals surface area contributed by atoms with Crippen molar-refractivity contribution in [3.05, 3.63) is 41.9 Å². The Kier molecular flexibility index (Phi) is 4.89. The van der Waals surface area contributed by atoms with Crippen LogP contribution in [0.25, 0.3) is 5.65 Å². The van der Waals surface area contributed by atoms with Gasteiger partial charge in [0.15, 0.2) is 11.5 Å². The molecule has 1 N–H and O–H groups in total. The molecule has 0 saturated carbocycles. The minimum Gasteiger partial charge on any atom is -0.375 e. The van der Waals surface area contributed by atoms with Gasteiger partial charge in [-0.05, 0) is 30.7 Å². The van der Waals surface area contributed by atoms with Crippen molar-refractivity contribution >= 4 is 17.3 Å². The van der Waals surface area contributed by atoms with Crippen LogP contribution < -0.4 is 10.2 Å². The maximum absolute atomic E-state index is 5.60. The molecule has 148 valence electrons. The van der Waals surface area contributed by atoms with Gasteiger partial charge < -0.3 is 15.0 Å². The third kappa shape index (κ3) is 3.91. The van der Waals surface area contributed by atoms with Crippen molar-refractivity contribution in [2.75, 3.05) is 29.9 Å². The lowest BCUT2D eigenvalue weighted by Crippen LogP contribution is -2.41. The van der Waals surface area contributed by atoms with Gasteiger partial charge in [-0.2, -0.15) is 4.52 Å². The van der Waals surface area contributed by atoms with E-state index in [4.69, 9.17) is 4.74 Å². The summed E-state index contributed by atoms with van der Waals surface area (Å²) in [6.07, 6.45) is 2.16. The van der Waals surface area contributed by atoms with Crippen LogP contribution in [0.5, 0.6) is 0 Å². The Balaban J connectivity index is 1.44. The molecule has 0 bridgehead atoms. The SMILES string of the molecule is CC1CN(c2ccc(CNc3ccc4nnc(C(C)(C)C)n4n3)cn2)CCO1. The molecule has 28 heavy (non-hydrogen) atoms. The lowest BCUT2D eigenvalue weighted by atomic mass is 9.96. The number of aromatic nitrogens is 5. The average molecular weight is 381 g/mol. The fraction of sp³-hybridized carbons (Fsp3) is 0.500. The van der Waals surface area contributed by atoms with Crippen LogP contribution in [-0.4, -0.2) is 50.6 Å². The highest BCUT2D eigenvalue weighted by Gasteiger charge is 2.22. The largest absolute Gasteiger partial charge is 0.375 e. The second kappa shape index (κ2) is 7.35. The second-order valence-electron chi connectivity index (χ2n) is 8.27. The van der Waals surface area contributed by atoms with E-state index < -0.39 is 0 Å². The summed E-state index contributed by atoms with van der Waals surface area (Å²) in [6, 6.07) is 8.03. The quantitative estimate of drug-likeness (QED) is 0.744. The summed E-state index contributed by atoms with van der Waals surface area (Å²) in [5.41, 5.74) is 1.73. The number of pyridine rings is 1. The Bertz CT molecular complexity index is 945. The Hall–Kier alpha value is -2.74. The Labute approximate surface area is 164 Å². The van der Waals surface area contributed by atoms with E-state index in [1.54, 1.807) is 0 Å². The minimum absolute atomic E-state index is 0.123. The number of rotatable bonds is 4. The number of ether oxygens (including phenoxy) is 1. The number of morpholine rings is 1. The zero-order valence-electron chi connectivity index (χ0n) is 16.9. The number of fused-ring (bicyclic) bond motifs is 1. The molecule has 3 aromatic rings. The summed E-state index contributed by atoms with van der Waals surface area (Å²) in [6.45, 7) is 11.6. The summed E-state index contributed by atoms with van der Waals surface area (Å²) in [5.74, 6) is 2.62. The number of hydrogen-bond acceptors (Lipinski definition) is 7. The Morgan fingerprint density at radius 2 is 2.04 bits per heavy atom. The predicted molar refractivity (Wildman–Crippen MR) is 109 cm³/mol. The third-order valence-corrected chi connectivity index (χ3v) is 4.78. The van der Waals surface area contributed by atoms with Gasteiger partial charge >= 0.3 is 0 Å². The number of nitrogens with one attached hydrogen (secondary N) is 1. The van der Waals surface area contributed by atoms with E-state index in [-0.39, 0.29) is 11.5 Å². The van der Waals surface area contributed by atoms with Gasteiger partial charge in [0.25, 0.3) is 0 Å². The molecule has 4 rings (SSSR count). The Morgan fingerprint density at radius 1 is 1.18 bits per heavy atom. The van der Waals surface area contributed by atoms with E-state index in [0.29, 0.717) is 6.54 Å². The lowest BCUT2D eigenvalue weighted by Gasteiger charge is -2.32. The highest BCUT2D eigenvalue weighted by Crippen LogP contribution is 2.21. The topological polar surface area (TPSA) is 80.5 Å². The van der Waals surface area contributed by atoms with E-state index in [0.717, 1.165) is 48.4 Å². The number of anilines is 2. The number of hydrogen-bond donors (Lipinski definition) is 1. The molecular formula is C20H27N7O. The molecule has 1 fully saturated rings. The summed E-state index contributed by atoms with van der Waals surface area (Å²) < 4.78 is 7.41. The van der Waals surface area contributed by atoms with Gasteiger partial charge in [0.05, 0.1) is 12.7 Å². The third-order valence-electron chi connectivity index (χ3n) is 4.78. The van der Waals surface area contributed by atoms with Gasteiger partial charge in [-0.3, -0.25) is 0 Å². The fourth-order valence-electron chi connectivity index (χ4n) is 3.28. The van der Waals surface area contributed by atoms with Gasteiger partial charge in [-0.25, -0.2) is 4.98 Å². The van der Waals surface area contributed by atoms with E-state index in [1.165, 1.54) is 0 Å². The molecule has 0 aromatic carbocycles. The molecule has 1 atom stereocenters. The molecule has 0 spiro atoms. The monoisotopic (exact) mass is 381 g/mol. The van der Waals surface area contributed by atoms with Crippen molar-refractivity contribution in [1.82, 2.24) is 24.8 Å². The van der Waals surface area contributed by atoms with Crippen molar-refractivity contribution < 1.29 is 4.74 Å². The predicted octanol–water partition coefficient (Wildman–Crippen LogP) is 2.65. The standard InChI is InChI=1S/C20H27N7O/c1-14-13-26(9-10-28-14)17-7-5-15(12-22-17)11-21-16-6-8-18-23-24-19(20(2,3)4)27(18)25-16/h5-8,12,14H,9-11,13H2,1-4H3,(H,21,25). The second-order valence-corrected chi connectivity index (χ2v) is 8.27. The van der Waals surface area contributed by atoms with Crippen LogP contribution in [-0.2, 0) is 16.7 Å². The van der Waals surface area contributed by atoms with Crippen LogP contribution in [0.2, 0.25) is 0 Å².